The van der Waals surface area contributed by atoms with Crippen molar-refractivity contribution in [2.75, 3.05) is 6.54 Å². The van der Waals surface area contributed by atoms with Gasteiger partial charge in [0.15, 0.2) is 0 Å². The average Bonchev–Trinajstić information content (AvgIpc) is 2.50. The van der Waals surface area contributed by atoms with Crippen LogP contribution in [0.2, 0.25) is 0 Å². The van der Waals surface area contributed by atoms with Gasteiger partial charge in [0.25, 0.3) is 0 Å². The third-order valence-electron chi connectivity index (χ3n) is 4.25. The lowest BCUT2D eigenvalue weighted by molar-refractivity contribution is -0.154. The second kappa shape index (κ2) is 7.81. The highest BCUT2D eigenvalue weighted by molar-refractivity contribution is 5.85. The molecule has 0 atom stereocenters. The van der Waals surface area contributed by atoms with Crippen LogP contribution in [0.1, 0.15) is 45.6 Å². The fourth-order valence-corrected chi connectivity index (χ4v) is 2.46. The van der Waals surface area contributed by atoms with E-state index < -0.39 is 11.4 Å². The molecule has 0 saturated carbocycles. The molecular formula is C17H25NO3. The second-order valence-electron chi connectivity index (χ2n) is 5.36. The van der Waals surface area contributed by atoms with E-state index in [1.165, 1.54) is 0 Å². The Labute approximate surface area is 126 Å². The fraction of sp³-hybridized carbons (Fsp3) is 0.529. The monoisotopic (exact) mass is 291 g/mol. The minimum Gasteiger partial charge on any atom is -0.481 e. The molecule has 0 aliphatic carbocycles. The molecular weight excluding hydrogens is 266 g/mol. The van der Waals surface area contributed by atoms with Gasteiger partial charge in [0, 0.05) is 19.5 Å². The molecule has 1 aromatic rings. The Morgan fingerprint density at radius 1 is 1.10 bits per heavy atom. The molecule has 0 spiro atoms. The van der Waals surface area contributed by atoms with Crippen molar-refractivity contribution in [1.82, 2.24) is 4.90 Å². The van der Waals surface area contributed by atoms with E-state index in [1.54, 1.807) is 4.90 Å². The summed E-state index contributed by atoms with van der Waals surface area (Å²) in [4.78, 5) is 25.7. The molecule has 0 aliphatic rings. The van der Waals surface area contributed by atoms with Crippen LogP contribution in [0.15, 0.2) is 30.3 Å². The van der Waals surface area contributed by atoms with Crippen LogP contribution >= 0.6 is 0 Å². The molecule has 4 heteroatoms. The van der Waals surface area contributed by atoms with Crippen molar-refractivity contribution in [1.29, 1.82) is 0 Å². The summed E-state index contributed by atoms with van der Waals surface area (Å²) in [6.45, 7) is 6.69. The van der Waals surface area contributed by atoms with Crippen molar-refractivity contribution < 1.29 is 14.7 Å². The Morgan fingerprint density at radius 2 is 1.67 bits per heavy atom. The summed E-state index contributed by atoms with van der Waals surface area (Å²) in [5, 5.41) is 9.45. The molecule has 4 nitrogen and oxygen atoms in total. The molecule has 21 heavy (non-hydrogen) atoms. The molecule has 116 valence electrons. The number of aliphatic carboxylic acids is 1. The molecule has 1 aromatic carbocycles. The molecule has 0 aromatic heterocycles. The highest BCUT2D eigenvalue weighted by Gasteiger charge is 2.38. The lowest BCUT2D eigenvalue weighted by Gasteiger charge is -2.29. The first-order chi connectivity index (χ1) is 9.99. The number of nitrogens with zero attached hydrogens (tertiary/aromatic N) is 1. The van der Waals surface area contributed by atoms with Crippen LogP contribution < -0.4 is 0 Å². The minimum absolute atomic E-state index is 0.0655. The maximum Gasteiger partial charge on any atom is 0.310 e. The standard InChI is InChI=1S/C17H25NO3/c1-4-17(5-2,16(20)21)12-15(19)18(6-3)13-14-10-8-7-9-11-14/h7-11H,4-6,12-13H2,1-3H3,(H,20,21). The van der Waals surface area contributed by atoms with E-state index in [0.717, 1.165) is 5.56 Å². The number of hydrogen-bond donors (Lipinski definition) is 1. The number of carbonyl (C=O) groups excluding carboxylic acids is 1. The fourth-order valence-electron chi connectivity index (χ4n) is 2.46. The van der Waals surface area contributed by atoms with Crippen LogP contribution in [-0.2, 0) is 16.1 Å². The van der Waals surface area contributed by atoms with E-state index in [4.69, 9.17) is 0 Å². The zero-order valence-electron chi connectivity index (χ0n) is 13.1. The Kier molecular flexibility index (Phi) is 6.40. The lowest BCUT2D eigenvalue weighted by atomic mass is 9.79. The minimum atomic E-state index is -0.943. The molecule has 1 N–H and O–H groups in total. The largest absolute Gasteiger partial charge is 0.481 e. The van der Waals surface area contributed by atoms with Crippen molar-refractivity contribution in [3.8, 4) is 0 Å². The van der Waals surface area contributed by atoms with Gasteiger partial charge >= 0.3 is 5.97 Å². The summed E-state index contributed by atoms with van der Waals surface area (Å²) >= 11 is 0. The molecule has 0 unspecified atom stereocenters. The van der Waals surface area contributed by atoms with Gasteiger partial charge in [-0.2, -0.15) is 0 Å². The summed E-state index contributed by atoms with van der Waals surface area (Å²) in [6.07, 6.45) is 0.997. The van der Waals surface area contributed by atoms with Crippen LogP contribution in [0, 0.1) is 5.41 Å². The van der Waals surface area contributed by atoms with E-state index in [-0.39, 0.29) is 12.3 Å². The summed E-state index contributed by atoms with van der Waals surface area (Å²) in [7, 11) is 0. The number of hydrogen-bond acceptors (Lipinski definition) is 2. The zero-order valence-corrected chi connectivity index (χ0v) is 13.1. The van der Waals surface area contributed by atoms with Gasteiger partial charge in [0.1, 0.15) is 0 Å². The van der Waals surface area contributed by atoms with Gasteiger partial charge in [-0.1, -0.05) is 44.2 Å². The quantitative estimate of drug-likeness (QED) is 0.799. The van der Waals surface area contributed by atoms with Crippen LogP contribution in [0.5, 0.6) is 0 Å². The van der Waals surface area contributed by atoms with Crippen LogP contribution in [0.3, 0.4) is 0 Å². The van der Waals surface area contributed by atoms with Gasteiger partial charge in [-0.15, -0.1) is 0 Å². The van der Waals surface area contributed by atoms with Gasteiger partial charge < -0.3 is 10.0 Å². The van der Waals surface area contributed by atoms with Gasteiger partial charge in [0.2, 0.25) is 5.91 Å². The van der Waals surface area contributed by atoms with E-state index in [0.29, 0.717) is 25.9 Å². The first kappa shape index (κ1) is 17.2. The average molecular weight is 291 g/mol. The van der Waals surface area contributed by atoms with Crippen LogP contribution in [0.25, 0.3) is 0 Å². The summed E-state index contributed by atoms with van der Waals surface area (Å²) in [5.41, 5.74) is 0.114. The van der Waals surface area contributed by atoms with Crippen molar-refractivity contribution in [3.05, 3.63) is 35.9 Å². The predicted octanol–water partition coefficient (Wildman–Crippen LogP) is 3.32. The maximum absolute atomic E-state index is 12.5. The number of carboxylic acid groups (broad SMARTS) is 1. The van der Waals surface area contributed by atoms with Gasteiger partial charge in [-0.3, -0.25) is 9.59 Å². The first-order valence-electron chi connectivity index (χ1n) is 7.54. The zero-order chi connectivity index (χ0) is 15.9. The maximum atomic E-state index is 12.5. The Morgan fingerprint density at radius 3 is 2.10 bits per heavy atom. The third-order valence-corrected chi connectivity index (χ3v) is 4.25. The molecule has 0 aliphatic heterocycles. The normalized spacial score (nSPS) is 11.2. The molecule has 0 fully saturated rings. The molecule has 0 bridgehead atoms. The predicted molar refractivity (Wildman–Crippen MR) is 82.8 cm³/mol. The van der Waals surface area contributed by atoms with E-state index in [2.05, 4.69) is 0 Å². The van der Waals surface area contributed by atoms with Gasteiger partial charge in [-0.05, 0) is 25.3 Å². The Bertz CT molecular complexity index is 466. The van der Waals surface area contributed by atoms with E-state index >= 15 is 0 Å². The summed E-state index contributed by atoms with van der Waals surface area (Å²) < 4.78 is 0. The van der Waals surface area contributed by atoms with Crippen molar-refractivity contribution in [3.63, 3.8) is 0 Å². The molecule has 0 radical (unpaired) electrons. The highest BCUT2D eigenvalue weighted by Crippen LogP contribution is 2.32. The number of amides is 1. The number of rotatable bonds is 8. The van der Waals surface area contributed by atoms with Crippen LogP contribution in [-0.4, -0.2) is 28.4 Å². The second-order valence-corrected chi connectivity index (χ2v) is 5.36. The van der Waals surface area contributed by atoms with E-state index in [1.807, 2.05) is 51.1 Å². The Balaban J connectivity index is 2.81. The SMILES string of the molecule is CCN(Cc1ccccc1)C(=O)CC(CC)(CC)C(=O)O. The lowest BCUT2D eigenvalue weighted by Crippen LogP contribution is -2.39. The highest BCUT2D eigenvalue weighted by atomic mass is 16.4. The number of carbonyl (C=O) groups is 2. The van der Waals surface area contributed by atoms with Crippen LogP contribution in [0.4, 0.5) is 0 Å². The van der Waals surface area contributed by atoms with Crippen molar-refractivity contribution in [2.45, 2.75) is 46.6 Å². The molecule has 1 rings (SSSR count). The van der Waals surface area contributed by atoms with Crippen molar-refractivity contribution >= 4 is 11.9 Å². The van der Waals surface area contributed by atoms with Gasteiger partial charge in [0.05, 0.1) is 5.41 Å². The molecule has 1 amide bonds. The molecule has 0 saturated heterocycles. The van der Waals surface area contributed by atoms with Gasteiger partial charge in [-0.25, -0.2) is 0 Å². The Hall–Kier alpha value is -1.84. The molecule has 0 heterocycles. The topological polar surface area (TPSA) is 57.6 Å². The smallest absolute Gasteiger partial charge is 0.310 e. The van der Waals surface area contributed by atoms with E-state index in [9.17, 15) is 14.7 Å². The summed E-state index contributed by atoms with van der Waals surface area (Å²) in [6, 6.07) is 9.76. The third kappa shape index (κ3) is 4.31. The first-order valence-corrected chi connectivity index (χ1v) is 7.54. The number of carboxylic acids is 1. The number of benzene rings is 1. The summed E-state index contributed by atoms with van der Waals surface area (Å²) in [5.74, 6) is -0.968. The van der Waals surface area contributed by atoms with Crippen molar-refractivity contribution in [2.24, 2.45) is 5.41 Å².